The van der Waals surface area contributed by atoms with Gasteiger partial charge in [-0.3, -0.25) is 14.4 Å². The van der Waals surface area contributed by atoms with Gasteiger partial charge in [-0.2, -0.15) is 0 Å². The number of carbonyl (C=O) groups is 2. The van der Waals surface area contributed by atoms with Crippen molar-refractivity contribution in [2.75, 3.05) is 7.11 Å². The van der Waals surface area contributed by atoms with Gasteiger partial charge in [-0.05, 0) is 30.5 Å². The number of fused-ring (bicyclic) bond motifs is 1. The summed E-state index contributed by atoms with van der Waals surface area (Å²) >= 11 is 0. The molecule has 0 unspecified atom stereocenters. The summed E-state index contributed by atoms with van der Waals surface area (Å²) in [6.45, 7) is 2.10. The Morgan fingerprint density at radius 1 is 1.23 bits per heavy atom. The van der Waals surface area contributed by atoms with Crippen LogP contribution in [0, 0.1) is 6.92 Å². The third kappa shape index (κ3) is 3.94. The number of carbonyl (C=O) groups excluding carboxylic acids is 2. The summed E-state index contributed by atoms with van der Waals surface area (Å²) in [6.07, 6.45) is 0.0624. The first-order chi connectivity index (χ1) is 10.5. The van der Waals surface area contributed by atoms with Gasteiger partial charge in [-0.25, -0.2) is 0 Å². The van der Waals surface area contributed by atoms with Crippen molar-refractivity contribution in [3.8, 4) is 0 Å². The number of pyridine rings is 1. The largest absolute Gasteiger partial charge is 0.469 e. The van der Waals surface area contributed by atoms with Gasteiger partial charge in [0.15, 0.2) is 0 Å². The molecule has 0 spiro atoms. The maximum Gasteiger partial charge on any atom is 0.306 e. The van der Waals surface area contributed by atoms with Gasteiger partial charge in [-0.15, -0.1) is 0 Å². The molecule has 0 aliphatic rings. The molecular formula is C16H18N2O4. The van der Waals surface area contributed by atoms with Gasteiger partial charge >= 0.3 is 5.97 Å². The zero-order chi connectivity index (χ0) is 16.1. The van der Waals surface area contributed by atoms with Crippen LogP contribution in [0.5, 0.6) is 0 Å². The molecule has 1 heterocycles. The SMILES string of the molecule is COC(=O)CCC(=O)NCc1cc2cc(C)ccc2[nH]c1=O. The second-order valence-electron chi connectivity index (χ2n) is 5.07. The second-order valence-corrected chi connectivity index (χ2v) is 5.07. The minimum absolute atomic E-state index is 0.0234. The molecule has 0 saturated heterocycles. The smallest absolute Gasteiger partial charge is 0.306 e. The predicted molar refractivity (Wildman–Crippen MR) is 82.4 cm³/mol. The predicted octanol–water partition coefficient (Wildman–Crippen LogP) is 1.41. The van der Waals surface area contributed by atoms with E-state index in [2.05, 4.69) is 15.0 Å². The van der Waals surface area contributed by atoms with Gasteiger partial charge in [0.2, 0.25) is 5.91 Å². The number of ether oxygens (including phenoxy) is 1. The Kier molecular flexibility index (Phi) is 4.93. The van der Waals surface area contributed by atoms with Gasteiger partial charge in [0, 0.05) is 24.0 Å². The van der Waals surface area contributed by atoms with Crippen LogP contribution in [0.2, 0.25) is 0 Å². The highest BCUT2D eigenvalue weighted by Crippen LogP contribution is 2.13. The molecular weight excluding hydrogens is 284 g/mol. The Hall–Kier alpha value is -2.63. The number of hydrogen-bond acceptors (Lipinski definition) is 4. The van der Waals surface area contributed by atoms with Crippen LogP contribution in [0.25, 0.3) is 10.9 Å². The van der Waals surface area contributed by atoms with Crippen LogP contribution >= 0.6 is 0 Å². The topological polar surface area (TPSA) is 88.3 Å². The lowest BCUT2D eigenvalue weighted by molar-refractivity contribution is -0.142. The van der Waals surface area contributed by atoms with Crippen molar-refractivity contribution in [3.63, 3.8) is 0 Å². The van der Waals surface area contributed by atoms with Gasteiger partial charge < -0.3 is 15.0 Å². The molecule has 1 aromatic carbocycles. The first-order valence-electron chi connectivity index (χ1n) is 6.95. The van der Waals surface area contributed by atoms with Crippen LogP contribution in [0.4, 0.5) is 0 Å². The monoisotopic (exact) mass is 302 g/mol. The van der Waals surface area contributed by atoms with Crippen LogP contribution < -0.4 is 10.9 Å². The lowest BCUT2D eigenvalue weighted by Crippen LogP contribution is -2.27. The molecule has 2 aromatic rings. The summed E-state index contributed by atoms with van der Waals surface area (Å²) in [6, 6.07) is 7.51. The third-order valence-corrected chi connectivity index (χ3v) is 3.34. The quantitative estimate of drug-likeness (QED) is 0.817. The minimum atomic E-state index is -0.436. The number of benzene rings is 1. The summed E-state index contributed by atoms with van der Waals surface area (Å²) in [7, 11) is 1.27. The molecule has 0 radical (unpaired) electrons. The summed E-state index contributed by atoms with van der Waals surface area (Å²) in [4.78, 5) is 37.4. The Morgan fingerprint density at radius 3 is 2.73 bits per heavy atom. The molecule has 0 aliphatic heterocycles. The van der Waals surface area contributed by atoms with Crippen LogP contribution in [0.3, 0.4) is 0 Å². The van der Waals surface area contributed by atoms with Gasteiger partial charge in [-0.1, -0.05) is 11.6 Å². The van der Waals surface area contributed by atoms with Crippen molar-refractivity contribution in [3.05, 3.63) is 45.7 Å². The van der Waals surface area contributed by atoms with E-state index in [4.69, 9.17) is 0 Å². The lowest BCUT2D eigenvalue weighted by Gasteiger charge is -2.06. The standard InChI is InChI=1S/C16H18N2O4/c1-10-3-4-13-11(7-10)8-12(16(21)18-13)9-17-14(19)5-6-15(20)22-2/h3-4,7-8H,5-6,9H2,1-2H3,(H,17,19)(H,18,21). The fourth-order valence-electron chi connectivity index (χ4n) is 2.10. The Bertz CT molecular complexity index is 764. The Balaban J connectivity index is 2.05. The van der Waals surface area contributed by atoms with Crippen LogP contribution in [0.15, 0.2) is 29.1 Å². The number of nitrogens with one attached hydrogen (secondary N) is 2. The number of H-pyrrole nitrogens is 1. The second kappa shape index (κ2) is 6.89. The number of rotatable bonds is 5. The average molecular weight is 302 g/mol. The zero-order valence-electron chi connectivity index (χ0n) is 12.6. The molecule has 22 heavy (non-hydrogen) atoms. The normalized spacial score (nSPS) is 10.5. The maximum absolute atomic E-state index is 12.0. The molecule has 0 bridgehead atoms. The van der Waals surface area contributed by atoms with Crippen molar-refractivity contribution in [1.29, 1.82) is 0 Å². The number of hydrogen-bond donors (Lipinski definition) is 2. The van der Waals surface area contributed by atoms with Crippen LogP contribution in [-0.2, 0) is 20.9 Å². The highest BCUT2D eigenvalue weighted by molar-refractivity contribution is 5.82. The molecule has 0 atom stereocenters. The van der Waals surface area contributed by atoms with E-state index in [1.54, 1.807) is 6.07 Å². The van der Waals surface area contributed by atoms with Gasteiger partial charge in [0.25, 0.3) is 5.56 Å². The van der Waals surface area contributed by atoms with Crippen molar-refractivity contribution in [2.24, 2.45) is 0 Å². The summed E-state index contributed by atoms with van der Waals surface area (Å²) < 4.78 is 4.47. The van der Waals surface area contributed by atoms with E-state index in [1.165, 1.54) is 7.11 Å². The van der Waals surface area contributed by atoms with Crippen LogP contribution in [0.1, 0.15) is 24.0 Å². The molecule has 6 nitrogen and oxygen atoms in total. The zero-order valence-corrected chi connectivity index (χ0v) is 12.6. The number of amides is 1. The van der Waals surface area contributed by atoms with Crippen molar-refractivity contribution in [2.45, 2.75) is 26.3 Å². The molecule has 1 amide bonds. The third-order valence-electron chi connectivity index (χ3n) is 3.34. The molecule has 0 fully saturated rings. The summed E-state index contributed by atoms with van der Waals surface area (Å²) in [5.74, 6) is -0.733. The highest BCUT2D eigenvalue weighted by Gasteiger charge is 2.08. The molecule has 2 N–H and O–H groups in total. The lowest BCUT2D eigenvalue weighted by atomic mass is 10.1. The minimum Gasteiger partial charge on any atom is -0.469 e. The van der Waals surface area contributed by atoms with Crippen molar-refractivity contribution >= 4 is 22.8 Å². The van der Waals surface area contributed by atoms with E-state index >= 15 is 0 Å². The molecule has 0 aliphatic carbocycles. The number of aryl methyl sites for hydroxylation is 1. The van der Waals surface area contributed by atoms with E-state index < -0.39 is 5.97 Å². The van der Waals surface area contributed by atoms with E-state index in [0.717, 1.165) is 16.5 Å². The van der Waals surface area contributed by atoms with Gasteiger partial charge in [0.05, 0.1) is 13.5 Å². The molecule has 0 saturated carbocycles. The van der Waals surface area contributed by atoms with E-state index in [9.17, 15) is 14.4 Å². The fourth-order valence-corrected chi connectivity index (χ4v) is 2.10. The van der Waals surface area contributed by atoms with E-state index in [-0.39, 0.29) is 30.9 Å². The highest BCUT2D eigenvalue weighted by atomic mass is 16.5. The average Bonchev–Trinajstić information content (AvgIpc) is 2.50. The number of aromatic nitrogens is 1. The number of aromatic amines is 1. The van der Waals surface area contributed by atoms with Crippen molar-refractivity contribution in [1.82, 2.24) is 10.3 Å². The van der Waals surface area contributed by atoms with E-state index in [0.29, 0.717) is 5.56 Å². The first kappa shape index (κ1) is 15.8. The fraction of sp³-hybridized carbons (Fsp3) is 0.312. The molecule has 2 rings (SSSR count). The molecule has 6 heteroatoms. The van der Waals surface area contributed by atoms with Gasteiger partial charge in [0.1, 0.15) is 0 Å². The number of methoxy groups -OCH3 is 1. The summed E-state index contributed by atoms with van der Waals surface area (Å²) in [5.41, 5.74) is 2.10. The summed E-state index contributed by atoms with van der Waals surface area (Å²) in [5, 5.41) is 3.55. The van der Waals surface area contributed by atoms with Crippen LogP contribution in [-0.4, -0.2) is 24.0 Å². The first-order valence-corrected chi connectivity index (χ1v) is 6.95. The Morgan fingerprint density at radius 2 is 2.00 bits per heavy atom. The van der Waals surface area contributed by atoms with Crippen molar-refractivity contribution < 1.29 is 14.3 Å². The molecule has 1 aromatic heterocycles. The Labute approximate surface area is 127 Å². The maximum atomic E-state index is 12.0. The van der Waals surface area contributed by atoms with E-state index in [1.807, 2.05) is 25.1 Å². The number of esters is 1. The molecule has 116 valence electrons.